The molecule has 3 nitrogen and oxygen atoms in total. The lowest BCUT2D eigenvalue weighted by atomic mass is 10.1. The van der Waals surface area contributed by atoms with Crippen molar-refractivity contribution in [1.82, 2.24) is 4.98 Å². The van der Waals surface area contributed by atoms with Crippen LogP contribution >= 0.6 is 0 Å². The molecule has 0 radical (unpaired) electrons. The molecule has 0 aliphatic carbocycles. The molecule has 1 heterocycles. The monoisotopic (exact) mass is 216 g/mol. The molecule has 0 atom stereocenters. The molecule has 0 aliphatic rings. The van der Waals surface area contributed by atoms with Gasteiger partial charge in [-0.3, -0.25) is 9.78 Å². The van der Waals surface area contributed by atoms with E-state index in [1.54, 1.807) is 12.1 Å². The van der Waals surface area contributed by atoms with Gasteiger partial charge in [0.15, 0.2) is 0 Å². The molecule has 0 aliphatic heterocycles. The van der Waals surface area contributed by atoms with Crippen LogP contribution in [0, 0.1) is 5.82 Å². The Labute approximate surface area is 91.7 Å². The minimum Gasteiger partial charge on any atom is -0.399 e. The number of nitrogen functional groups attached to an aromatic ring is 1. The van der Waals surface area contributed by atoms with Gasteiger partial charge < -0.3 is 5.73 Å². The maximum atomic E-state index is 13.4. The summed E-state index contributed by atoms with van der Waals surface area (Å²) in [5, 5.41) is 0. The number of anilines is 1. The third-order valence-corrected chi connectivity index (χ3v) is 2.13. The number of rotatable bonds is 2. The second-order valence-corrected chi connectivity index (χ2v) is 3.28. The van der Waals surface area contributed by atoms with Crippen molar-refractivity contribution in [2.24, 2.45) is 0 Å². The van der Waals surface area contributed by atoms with E-state index in [9.17, 15) is 9.18 Å². The number of hydrogen-bond donors (Lipinski definition) is 1. The molecule has 2 N–H and O–H groups in total. The number of carbonyl (C=O) groups excluding carboxylic acids is 1. The van der Waals surface area contributed by atoms with Crippen LogP contribution in [0.25, 0.3) is 0 Å². The fraction of sp³-hybridized carbons (Fsp3) is 0. The molecule has 16 heavy (non-hydrogen) atoms. The van der Waals surface area contributed by atoms with E-state index in [1.807, 2.05) is 0 Å². The normalized spacial score (nSPS) is 10.1. The van der Waals surface area contributed by atoms with Crippen LogP contribution in [-0.4, -0.2) is 10.8 Å². The van der Waals surface area contributed by atoms with E-state index in [0.717, 1.165) is 0 Å². The number of aromatic nitrogens is 1. The molecular formula is C12H9FN2O. The number of halogens is 1. The third kappa shape index (κ3) is 1.91. The Hall–Kier alpha value is -2.23. The highest BCUT2D eigenvalue weighted by Crippen LogP contribution is 2.15. The Morgan fingerprint density at radius 2 is 2.06 bits per heavy atom. The van der Waals surface area contributed by atoms with Crippen LogP contribution in [0.4, 0.5) is 10.1 Å². The lowest BCUT2D eigenvalue weighted by molar-refractivity contribution is 0.103. The van der Waals surface area contributed by atoms with E-state index in [0.29, 0.717) is 5.69 Å². The van der Waals surface area contributed by atoms with Gasteiger partial charge in [0.1, 0.15) is 11.5 Å². The van der Waals surface area contributed by atoms with E-state index in [2.05, 4.69) is 4.98 Å². The summed E-state index contributed by atoms with van der Waals surface area (Å²) < 4.78 is 13.4. The minimum absolute atomic E-state index is 0.0568. The molecule has 80 valence electrons. The molecule has 2 aromatic rings. The predicted molar refractivity (Wildman–Crippen MR) is 58.5 cm³/mol. The summed E-state index contributed by atoms with van der Waals surface area (Å²) in [5.74, 6) is -1.06. The highest BCUT2D eigenvalue weighted by Gasteiger charge is 2.14. The standard InChI is InChI=1S/C12H9FN2O/c13-10-5-4-8(14)7-9(10)12(16)11-3-1-2-6-15-11/h1-7H,14H2. The highest BCUT2D eigenvalue weighted by atomic mass is 19.1. The fourth-order valence-corrected chi connectivity index (χ4v) is 1.35. The van der Waals surface area contributed by atoms with E-state index in [1.165, 1.54) is 30.5 Å². The number of benzene rings is 1. The van der Waals surface area contributed by atoms with Crippen molar-refractivity contribution >= 4 is 11.5 Å². The molecule has 0 saturated heterocycles. The zero-order valence-electron chi connectivity index (χ0n) is 8.35. The van der Waals surface area contributed by atoms with Gasteiger partial charge in [0.2, 0.25) is 5.78 Å². The van der Waals surface area contributed by atoms with Crippen molar-refractivity contribution in [2.45, 2.75) is 0 Å². The largest absolute Gasteiger partial charge is 0.399 e. The molecule has 0 amide bonds. The van der Waals surface area contributed by atoms with Crippen LogP contribution in [0.5, 0.6) is 0 Å². The number of pyridine rings is 1. The van der Waals surface area contributed by atoms with Crippen LogP contribution in [0.3, 0.4) is 0 Å². The van der Waals surface area contributed by atoms with Gasteiger partial charge >= 0.3 is 0 Å². The van der Waals surface area contributed by atoms with E-state index in [-0.39, 0.29) is 11.3 Å². The molecular weight excluding hydrogens is 207 g/mol. The van der Waals surface area contributed by atoms with Crippen LogP contribution in [0.15, 0.2) is 42.6 Å². The Balaban J connectivity index is 2.46. The predicted octanol–water partition coefficient (Wildman–Crippen LogP) is 2.03. The molecule has 0 fully saturated rings. The molecule has 0 saturated carbocycles. The number of hydrogen-bond acceptors (Lipinski definition) is 3. The number of nitrogens with zero attached hydrogens (tertiary/aromatic N) is 1. The van der Waals surface area contributed by atoms with Crippen molar-refractivity contribution in [2.75, 3.05) is 5.73 Å². The van der Waals surface area contributed by atoms with Crippen molar-refractivity contribution in [3.05, 3.63) is 59.7 Å². The smallest absolute Gasteiger partial charge is 0.214 e. The van der Waals surface area contributed by atoms with Gasteiger partial charge in [0.25, 0.3) is 0 Å². The van der Waals surface area contributed by atoms with Crippen LogP contribution < -0.4 is 5.73 Å². The summed E-state index contributed by atoms with van der Waals surface area (Å²) in [6.45, 7) is 0. The molecule has 1 aromatic heterocycles. The van der Waals surface area contributed by atoms with E-state index >= 15 is 0 Å². The van der Waals surface area contributed by atoms with Gasteiger partial charge in [0, 0.05) is 11.9 Å². The second-order valence-electron chi connectivity index (χ2n) is 3.28. The van der Waals surface area contributed by atoms with Gasteiger partial charge in [-0.25, -0.2) is 4.39 Å². The first-order valence-electron chi connectivity index (χ1n) is 4.69. The average molecular weight is 216 g/mol. The molecule has 4 heteroatoms. The summed E-state index contributed by atoms with van der Waals surface area (Å²) >= 11 is 0. The van der Waals surface area contributed by atoms with Gasteiger partial charge in [0.05, 0.1) is 5.56 Å². The molecule has 0 unspecified atom stereocenters. The second kappa shape index (κ2) is 4.10. The maximum Gasteiger partial charge on any atom is 0.214 e. The maximum absolute atomic E-state index is 13.4. The quantitative estimate of drug-likeness (QED) is 0.617. The summed E-state index contributed by atoms with van der Waals surface area (Å²) in [7, 11) is 0. The zero-order valence-corrected chi connectivity index (χ0v) is 8.35. The van der Waals surface area contributed by atoms with Crippen LogP contribution in [0.2, 0.25) is 0 Å². The third-order valence-electron chi connectivity index (χ3n) is 2.13. The zero-order chi connectivity index (χ0) is 11.5. The Bertz CT molecular complexity index is 526. The molecule has 0 spiro atoms. The number of carbonyl (C=O) groups is 1. The average Bonchev–Trinajstić information content (AvgIpc) is 2.32. The van der Waals surface area contributed by atoms with Gasteiger partial charge in [-0.05, 0) is 30.3 Å². The number of nitrogens with two attached hydrogens (primary N) is 1. The van der Waals surface area contributed by atoms with Crippen LogP contribution in [0.1, 0.15) is 16.1 Å². The molecule has 2 rings (SSSR count). The van der Waals surface area contributed by atoms with Gasteiger partial charge in [-0.15, -0.1) is 0 Å². The summed E-state index contributed by atoms with van der Waals surface area (Å²) in [6.07, 6.45) is 1.48. The highest BCUT2D eigenvalue weighted by molar-refractivity contribution is 6.08. The Morgan fingerprint density at radius 3 is 2.75 bits per heavy atom. The number of ketones is 1. The van der Waals surface area contributed by atoms with Crippen molar-refractivity contribution in [3.63, 3.8) is 0 Å². The van der Waals surface area contributed by atoms with Gasteiger partial charge in [-0.2, -0.15) is 0 Å². The van der Waals surface area contributed by atoms with Crippen molar-refractivity contribution in [1.29, 1.82) is 0 Å². The summed E-state index contributed by atoms with van der Waals surface area (Å²) in [4.78, 5) is 15.7. The Kier molecular flexibility index (Phi) is 2.64. The lowest BCUT2D eigenvalue weighted by Crippen LogP contribution is -2.06. The first-order valence-corrected chi connectivity index (χ1v) is 4.69. The fourth-order valence-electron chi connectivity index (χ4n) is 1.35. The van der Waals surface area contributed by atoms with E-state index < -0.39 is 11.6 Å². The lowest BCUT2D eigenvalue weighted by Gasteiger charge is -2.02. The summed E-state index contributed by atoms with van der Waals surface area (Å²) in [6, 6.07) is 8.78. The van der Waals surface area contributed by atoms with Gasteiger partial charge in [-0.1, -0.05) is 6.07 Å². The first-order chi connectivity index (χ1) is 7.68. The molecule has 0 bridgehead atoms. The minimum atomic E-state index is -0.593. The molecule has 1 aromatic carbocycles. The SMILES string of the molecule is Nc1ccc(F)c(C(=O)c2ccccn2)c1. The first kappa shape index (κ1) is 10.3. The summed E-state index contributed by atoms with van der Waals surface area (Å²) in [5.41, 5.74) is 6.00. The van der Waals surface area contributed by atoms with Crippen molar-refractivity contribution in [3.8, 4) is 0 Å². The topological polar surface area (TPSA) is 56.0 Å². The Morgan fingerprint density at radius 1 is 1.25 bits per heavy atom. The van der Waals surface area contributed by atoms with E-state index in [4.69, 9.17) is 5.73 Å². The van der Waals surface area contributed by atoms with Crippen LogP contribution in [-0.2, 0) is 0 Å². The van der Waals surface area contributed by atoms with Crippen molar-refractivity contribution < 1.29 is 9.18 Å².